The monoisotopic (exact) mass is 239 g/mol. The minimum Gasteiger partial charge on any atom is -0.339 e. The molecule has 0 aromatic rings. The van der Waals surface area contributed by atoms with Crippen molar-refractivity contribution in [2.45, 2.75) is 39.3 Å². The number of nitrogens with zero attached hydrogens (tertiary/aromatic N) is 2. The molecule has 1 saturated heterocycles. The molecule has 2 rings (SSSR count). The first-order valence-corrected chi connectivity index (χ1v) is 6.69. The summed E-state index contributed by atoms with van der Waals surface area (Å²) in [5.41, 5.74) is 6.26. The van der Waals surface area contributed by atoms with Crippen molar-refractivity contribution >= 4 is 6.41 Å². The average Bonchev–Trinajstić information content (AvgIpc) is 2.35. The third kappa shape index (κ3) is 2.08. The number of amides is 1. The third-order valence-electron chi connectivity index (χ3n) is 5.01. The second-order valence-corrected chi connectivity index (χ2v) is 6.07. The number of carbonyl (C=O) groups is 1. The highest BCUT2D eigenvalue weighted by Gasteiger charge is 2.51. The van der Waals surface area contributed by atoms with Gasteiger partial charge in [-0.3, -0.25) is 9.69 Å². The van der Waals surface area contributed by atoms with Gasteiger partial charge >= 0.3 is 0 Å². The molecule has 1 heterocycles. The molecule has 0 aromatic carbocycles. The number of piperazine rings is 1. The Hall–Kier alpha value is -0.610. The van der Waals surface area contributed by atoms with E-state index >= 15 is 0 Å². The van der Waals surface area contributed by atoms with Gasteiger partial charge in [0.1, 0.15) is 0 Å². The summed E-state index contributed by atoms with van der Waals surface area (Å²) in [6.45, 7) is 10.6. The van der Waals surface area contributed by atoms with E-state index in [0.717, 1.165) is 39.0 Å². The zero-order valence-corrected chi connectivity index (χ0v) is 11.2. The number of likely N-dealkylation sites (N-methyl/N-ethyl adjacent to an activating group) is 1. The Bertz CT molecular complexity index is 292. The Balaban J connectivity index is 2.08. The number of rotatable bonds is 3. The number of nitrogens with two attached hydrogens (primary N) is 1. The molecule has 4 heteroatoms. The predicted molar refractivity (Wildman–Crippen MR) is 68.5 cm³/mol. The third-order valence-corrected chi connectivity index (χ3v) is 5.01. The summed E-state index contributed by atoms with van der Waals surface area (Å²) in [7, 11) is 0. The lowest BCUT2D eigenvalue weighted by molar-refractivity contribution is -0.130. The van der Waals surface area contributed by atoms with Gasteiger partial charge in [-0.1, -0.05) is 20.8 Å². The molecular weight excluding hydrogens is 214 g/mol. The van der Waals surface area contributed by atoms with Crippen LogP contribution >= 0.6 is 0 Å². The van der Waals surface area contributed by atoms with Crippen LogP contribution in [0.1, 0.15) is 27.2 Å². The molecule has 17 heavy (non-hydrogen) atoms. The van der Waals surface area contributed by atoms with Gasteiger partial charge in [-0.2, -0.15) is 0 Å². The van der Waals surface area contributed by atoms with E-state index in [0.29, 0.717) is 12.0 Å². The molecule has 4 nitrogen and oxygen atoms in total. The van der Waals surface area contributed by atoms with Crippen molar-refractivity contribution in [2.75, 3.05) is 26.2 Å². The molecule has 0 radical (unpaired) electrons. The molecule has 1 saturated carbocycles. The van der Waals surface area contributed by atoms with Gasteiger partial charge in [0.15, 0.2) is 0 Å². The van der Waals surface area contributed by atoms with Crippen LogP contribution < -0.4 is 5.73 Å². The Kier molecular flexibility index (Phi) is 3.46. The van der Waals surface area contributed by atoms with Gasteiger partial charge in [0.05, 0.1) is 0 Å². The zero-order chi connectivity index (χ0) is 12.6. The second-order valence-electron chi connectivity index (χ2n) is 6.07. The smallest absolute Gasteiger partial charge is 0.210 e. The number of hydrogen-bond donors (Lipinski definition) is 1. The second kappa shape index (κ2) is 4.58. The van der Waals surface area contributed by atoms with Crippen LogP contribution in [0.3, 0.4) is 0 Å². The molecule has 0 spiro atoms. The van der Waals surface area contributed by atoms with Crippen LogP contribution in [0.2, 0.25) is 0 Å². The van der Waals surface area contributed by atoms with E-state index < -0.39 is 0 Å². The lowest BCUT2D eigenvalue weighted by Crippen LogP contribution is -2.66. The first kappa shape index (κ1) is 12.8. The molecule has 2 N–H and O–H groups in total. The summed E-state index contributed by atoms with van der Waals surface area (Å²) in [4.78, 5) is 15.6. The topological polar surface area (TPSA) is 49.6 Å². The number of carbonyl (C=O) groups excluding carboxylic acids is 1. The van der Waals surface area contributed by atoms with Crippen molar-refractivity contribution < 1.29 is 4.79 Å². The lowest BCUT2D eigenvalue weighted by atomic mass is 9.56. The maximum atomic E-state index is 11.2. The molecule has 0 aromatic heterocycles. The fraction of sp³-hybridized carbons (Fsp3) is 0.923. The van der Waals surface area contributed by atoms with Crippen molar-refractivity contribution in [3.8, 4) is 0 Å². The van der Waals surface area contributed by atoms with Crippen LogP contribution in [-0.2, 0) is 4.79 Å². The van der Waals surface area contributed by atoms with Crippen LogP contribution in [0, 0.1) is 11.3 Å². The highest BCUT2D eigenvalue weighted by atomic mass is 16.1. The van der Waals surface area contributed by atoms with Crippen LogP contribution in [0.5, 0.6) is 0 Å². The molecule has 2 aliphatic rings. The molecule has 1 amide bonds. The van der Waals surface area contributed by atoms with Gasteiger partial charge in [0.25, 0.3) is 0 Å². The van der Waals surface area contributed by atoms with Gasteiger partial charge in [0, 0.05) is 31.7 Å². The molecule has 1 unspecified atom stereocenters. The fourth-order valence-electron chi connectivity index (χ4n) is 3.31. The Labute approximate surface area is 104 Å². The summed E-state index contributed by atoms with van der Waals surface area (Å²) in [6, 6.07) is 0.647. The van der Waals surface area contributed by atoms with Gasteiger partial charge < -0.3 is 10.6 Å². The van der Waals surface area contributed by atoms with Crippen molar-refractivity contribution in [2.24, 2.45) is 17.1 Å². The highest BCUT2D eigenvalue weighted by molar-refractivity contribution is 5.48. The molecule has 0 bridgehead atoms. The SMILES string of the molecule is CCN1CCN(C=O)C([C@@H]2C[C@H](N)C2(C)C)C1. The summed E-state index contributed by atoms with van der Waals surface area (Å²) in [6.07, 6.45) is 2.08. The maximum absolute atomic E-state index is 11.2. The van der Waals surface area contributed by atoms with Crippen LogP contribution in [0.15, 0.2) is 0 Å². The van der Waals surface area contributed by atoms with Gasteiger partial charge in [-0.05, 0) is 24.3 Å². The van der Waals surface area contributed by atoms with E-state index in [1.807, 2.05) is 4.90 Å². The summed E-state index contributed by atoms with van der Waals surface area (Å²) >= 11 is 0. The summed E-state index contributed by atoms with van der Waals surface area (Å²) in [5, 5.41) is 0. The first-order chi connectivity index (χ1) is 8.00. The Morgan fingerprint density at radius 3 is 2.59 bits per heavy atom. The zero-order valence-electron chi connectivity index (χ0n) is 11.2. The highest BCUT2D eigenvalue weighted by Crippen LogP contribution is 2.48. The average molecular weight is 239 g/mol. The Morgan fingerprint density at radius 2 is 2.12 bits per heavy atom. The van der Waals surface area contributed by atoms with E-state index in [2.05, 4.69) is 25.7 Å². The minimum absolute atomic E-state index is 0.169. The van der Waals surface area contributed by atoms with Crippen molar-refractivity contribution in [3.63, 3.8) is 0 Å². The van der Waals surface area contributed by atoms with Crippen molar-refractivity contribution in [1.82, 2.24) is 9.80 Å². The van der Waals surface area contributed by atoms with Crippen molar-refractivity contribution in [1.29, 1.82) is 0 Å². The standard InChI is InChI=1S/C13H25N3O/c1-4-15-5-6-16(9-17)11(8-15)10-7-12(14)13(10,2)3/h9-12H,4-8,14H2,1-3H3/t10-,11?,12-/m0/s1. The molecule has 1 aliphatic heterocycles. The number of hydrogen-bond acceptors (Lipinski definition) is 3. The van der Waals surface area contributed by atoms with Crippen LogP contribution in [-0.4, -0.2) is 54.5 Å². The van der Waals surface area contributed by atoms with Crippen LogP contribution in [0.4, 0.5) is 0 Å². The molecule has 3 atom stereocenters. The summed E-state index contributed by atoms with van der Waals surface area (Å²) in [5.74, 6) is 0.553. The Morgan fingerprint density at radius 1 is 1.41 bits per heavy atom. The first-order valence-electron chi connectivity index (χ1n) is 6.69. The molecular formula is C13H25N3O. The molecule has 2 fully saturated rings. The maximum Gasteiger partial charge on any atom is 0.210 e. The molecule has 98 valence electrons. The van der Waals surface area contributed by atoms with E-state index in [9.17, 15) is 4.79 Å². The quantitative estimate of drug-likeness (QED) is 0.731. The lowest BCUT2D eigenvalue weighted by Gasteiger charge is -2.57. The van der Waals surface area contributed by atoms with E-state index in [1.165, 1.54) is 0 Å². The minimum atomic E-state index is 0.169. The predicted octanol–water partition coefficient (Wildman–Crippen LogP) is 0.522. The molecule has 1 aliphatic carbocycles. The van der Waals surface area contributed by atoms with E-state index in [4.69, 9.17) is 5.73 Å². The van der Waals surface area contributed by atoms with Gasteiger partial charge in [0.2, 0.25) is 6.41 Å². The van der Waals surface area contributed by atoms with E-state index in [1.54, 1.807) is 0 Å². The fourth-order valence-corrected chi connectivity index (χ4v) is 3.31. The van der Waals surface area contributed by atoms with Gasteiger partial charge in [-0.15, -0.1) is 0 Å². The van der Waals surface area contributed by atoms with Gasteiger partial charge in [-0.25, -0.2) is 0 Å². The summed E-state index contributed by atoms with van der Waals surface area (Å²) < 4.78 is 0. The largest absolute Gasteiger partial charge is 0.339 e. The van der Waals surface area contributed by atoms with Crippen molar-refractivity contribution in [3.05, 3.63) is 0 Å². The van der Waals surface area contributed by atoms with E-state index in [-0.39, 0.29) is 11.5 Å². The normalized spacial score (nSPS) is 37.6. The van der Waals surface area contributed by atoms with Crippen LogP contribution in [0.25, 0.3) is 0 Å².